The highest BCUT2D eigenvalue weighted by molar-refractivity contribution is 7.99. The molecule has 1 saturated heterocycles. The maximum Gasteiger partial charge on any atom is 0.226 e. The second kappa shape index (κ2) is 6.54. The highest BCUT2D eigenvalue weighted by Gasteiger charge is 2.25. The standard InChI is InChI=1S/C12H22N4OS/c1-9(13-2)4-5-11-14-12(15-17-11)10-8-18-7-6-16(10)3/h9-10,13H,4-8H2,1-3H3. The van der Waals surface area contributed by atoms with Gasteiger partial charge in [0.1, 0.15) is 0 Å². The molecule has 0 aromatic carbocycles. The van der Waals surface area contributed by atoms with Gasteiger partial charge in [-0.3, -0.25) is 4.90 Å². The lowest BCUT2D eigenvalue weighted by Crippen LogP contribution is -2.33. The van der Waals surface area contributed by atoms with Crippen LogP contribution in [0, 0.1) is 0 Å². The van der Waals surface area contributed by atoms with Gasteiger partial charge < -0.3 is 9.84 Å². The first kappa shape index (κ1) is 13.8. The van der Waals surface area contributed by atoms with E-state index in [1.807, 2.05) is 18.8 Å². The van der Waals surface area contributed by atoms with Gasteiger partial charge in [0.05, 0.1) is 6.04 Å². The summed E-state index contributed by atoms with van der Waals surface area (Å²) in [5.74, 6) is 3.85. The third-order valence-corrected chi connectivity index (χ3v) is 4.48. The average molecular weight is 270 g/mol. The van der Waals surface area contributed by atoms with E-state index in [0.717, 1.165) is 36.9 Å². The summed E-state index contributed by atoms with van der Waals surface area (Å²) in [7, 11) is 4.10. The molecule has 0 saturated carbocycles. The first-order valence-electron chi connectivity index (χ1n) is 6.48. The van der Waals surface area contributed by atoms with Crippen molar-refractivity contribution in [3.05, 3.63) is 11.7 Å². The minimum absolute atomic E-state index is 0.308. The molecule has 1 aromatic rings. The third kappa shape index (κ3) is 3.46. The Labute approximate surface area is 113 Å². The van der Waals surface area contributed by atoms with Crippen LogP contribution in [0.25, 0.3) is 0 Å². The Morgan fingerprint density at radius 3 is 3.17 bits per heavy atom. The maximum absolute atomic E-state index is 5.34. The van der Waals surface area contributed by atoms with Crippen molar-refractivity contribution in [2.24, 2.45) is 0 Å². The van der Waals surface area contributed by atoms with E-state index >= 15 is 0 Å². The van der Waals surface area contributed by atoms with Gasteiger partial charge in [0.2, 0.25) is 5.89 Å². The van der Waals surface area contributed by atoms with Gasteiger partial charge in [-0.2, -0.15) is 16.7 Å². The Kier molecular flexibility index (Phi) is 5.03. The summed E-state index contributed by atoms with van der Waals surface area (Å²) < 4.78 is 5.34. The normalized spacial score (nSPS) is 23.2. The van der Waals surface area contributed by atoms with Crippen molar-refractivity contribution in [2.45, 2.75) is 31.8 Å². The van der Waals surface area contributed by atoms with Crippen molar-refractivity contribution in [3.63, 3.8) is 0 Å². The molecule has 2 unspecified atom stereocenters. The molecule has 0 radical (unpaired) electrons. The first-order chi connectivity index (χ1) is 8.70. The molecular formula is C12H22N4OS. The number of thioether (sulfide) groups is 1. The molecule has 1 fully saturated rings. The lowest BCUT2D eigenvalue weighted by molar-refractivity contribution is 0.256. The first-order valence-corrected chi connectivity index (χ1v) is 7.64. The lowest BCUT2D eigenvalue weighted by Gasteiger charge is -2.29. The van der Waals surface area contributed by atoms with Crippen LogP contribution in [-0.4, -0.2) is 53.2 Å². The number of aromatic nitrogens is 2. The molecule has 2 atom stereocenters. The monoisotopic (exact) mass is 270 g/mol. The number of rotatable bonds is 5. The van der Waals surface area contributed by atoms with Crippen molar-refractivity contribution in [1.82, 2.24) is 20.4 Å². The molecular weight excluding hydrogens is 248 g/mol. The highest BCUT2D eigenvalue weighted by atomic mass is 32.2. The van der Waals surface area contributed by atoms with Gasteiger partial charge in [0.25, 0.3) is 0 Å². The maximum atomic E-state index is 5.34. The number of hydrogen-bond donors (Lipinski definition) is 1. The van der Waals surface area contributed by atoms with E-state index < -0.39 is 0 Å². The van der Waals surface area contributed by atoms with E-state index in [-0.39, 0.29) is 0 Å². The summed E-state index contributed by atoms with van der Waals surface area (Å²) in [6.07, 6.45) is 1.87. The van der Waals surface area contributed by atoms with E-state index in [0.29, 0.717) is 12.1 Å². The Morgan fingerprint density at radius 1 is 1.61 bits per heavy atom. The van der Waals surface area contributed by atoms with Gasteiger partial charge in [-0.15, -0.1) is 0 Å². The zero-order valence-corrected chi connectivity index (χ0v) is 12.2. The Bertz CT molecular complexity index is 371. The van der Waals surface area contributed by atoms with E-state index in [1.54, 1.807) is 0 Å². The molecule has 0 bridgehead atoms. The Balaban J connectivity index is 1.92. The molecule has 1 aliphatic heterocycles. The van der Waals surface area contributed by atoms with Crippen molar-refractivity contribution in [3.8, 4) is 0 Å². The van der Waals surface area contributed by atoms with Crippen LogP contribution >= 0.6 is 11.8 Å². The highest BCUT2D eigenvalue weighted by Crippen LogP contribution is 2.26. The van der Waals surface area contributed by atoms with Crippen LogP contribution in [0.2, 0.25) is 0 Å². The van der Waals surface area contributed by atoms with Crippen LogP contribution in [0.3, 0.4) is 0 Å². The number of aryl methyl sites for hydroxylation is 1. The second-order valence-electron chi connectivity index (χ2n) is 4.85. The van der Waals surface area contributed by atoms with Crippen LogP contribution in [0.4, 0.5) is 0 Å². The minimum atomic E-state index is 0.308. The second-order valence-corrected chi connectivity index (χ2v) is 6.00. The lowest BCUT2D eigenvalue weighted by atomic mass is 10.2. The fraction of sp³-hybridized carbons (Fsp3) is 0.833. The largest absolute Gasteiger partial charge is 0.339 e. The van der Waals surface area contributed by atoms with Gasteiger partial charge in [-0.25, -0.2) is 0 Å². The van der Waals surface area contributed by atoms with Gasteiger partial charge in [0, 0.05) is 30.5 Å². The predicted molar refractivity (Wildman–Crippen MR) is 73.8 cm³/mol. The summed E-state index contributed by atoms with van der Waals surface area (Å²) >= 11 is 1.96. The smallest absolute Gasteiger partial charge is 0.226 e. The molecule has 5 nitrogen and oxygen atoms in total. The van der Waals surface area contributed by atoms with E-state index in [4.69, 9.17) is 4.52 Å². The summed E-state index contributed by atoms with van der Waals surface area (Å²) in [6.45, 7) is 3.25. The van der Waals surface area contributed by atoms with Crippen LogP contribution in [0.1, 0.15) is 31.1 Å². The number of hydrogen-bond acceptors (Lipinski definition) is 6. The van der Waals surface area contributed by atoms with Crippen LogP contribution in [-0.2, 0) is 6.42 Å². The summed E-state index contributed by atoms with van der Waals surface area (Å²) in [4.78, 5) is 6.84. The minimum Gasteiger partial charge on any atom is -0.339 e. The molecule has 6 heteroatoms. The zero-order valence-electron chi connectivity index (χ0n) is 11.3. The Morgan fingerprint density at radius 2 is 2.44 bits per heavy atom. The molecule has 0 amide bonds. The molecule has 102 valence electrons. The van der Waals surface area contributed by atoms with Crippen molar-refractivity contribution in [2.75, 3.05) is 32.1 Å². The van der Waals surface area contributed by atoms with E-state index in [2.05, 4.69) is 34.3 Å². The van der Waals surface area contributed by atoms with Gasteiger partial charge in [0.15, 0.2) is 5.82 Å². The molecule has 2 rings (SSSR count). The summed E-state index contributed by atoms with van der Waals surface area (Å²) in [6, 6.07) is 0.788. The van der Waals surface area contributed by atoms with Crippen LogP contribution in [0.5, 0.6) is 0 Å². The zero-order chi connectivity index (χ0) is 13.0. The SMILES string of the molecule is CNC(C)CCc1nc(C2CSCCN2C)no1. The fourth-order valence-electron chi connectivity index (χ4n) is 1.95. The quantitative estimate of drug-likeness (QED) is 0.871. The number of nitrogens with zero attached hydrogens (tertiary/aromatic N) is 3. The van der Waals surface area contributed by atoms with Crippen LogP contribution in [0.15, 0.2) is 4.52 Å². The molecule has 1 aromatic heterocycles. The molecule has 2 heterocycles. The fourth-order valence-corrected chi connectivity index (χ4v) is 3.16. The molecule has 0 spiro atoms. The van der Waals surface area contributed by atoms with Crippen LogP contribution < -0.4 is 5.32 Å². The van der Waals surface area contributed by atoms with Gasteiger partial charge >= 0.3 is 0 Å². The number of nitrogens with one attached hydrogen (secondary N) is 1. The van der Waals surface area contributed by atoms with E-state index in [1.165, 1.54) is 5.75 Å². The van der Waals surface area contributed by atoms with Crippen molar-refractivity contribution in [1.29, 1.82) is 0 Å². The van der Waals surface area contributed by atoms with Gasteiger partial charge in [-0.05, 0) is 27.4 Å². The molecule has 0 aliphatic carbocycles. The van der Waals surface area contributed by atoms with E-state index in [9.17, 15) is 0 Å². The summed E-state index contributed by atoms with van der Waals surface area (Å²) in [5, 5.41) is 7.34. The summed E-state index contributed by atoms with van der Waals surface area (Å²) in [5.41, 5.74) is 0. The Hall–Kier alpha value is -0.590. The average Bonchev–Trinajstić information content (AvgIpc) is 2.85. The molecule has 18 heavy (non-hydrogen) atoms. The molecule has 1 N–H and O–H groups in total. The molecule has 1 aliphatic rings. The third-order valence-electron chi connectivity index (χ3n) is 3.46. The topological polar surface area (TPSA) is 54.2 Å². The predicted octanol–water partition coefficient (Wildman–Crippen LogP) is 1.33. The van der Waals surface area contributed by atoms with Crippen molar-refractivity contribution >= 4 is 11.8 Å². The van der Waals surface area contributed by atoms with Gasteiger partial charge in [-0.1, -0.05) is 5.16 Å². The van der Waals surface area contributed by atoms with Crippen molar-refractivity contribution < 1.29 is 4.52 Å².